The number of rotatable bonds is 8. The maximum absolute atomic E-state index is 12.3. The Morgan fingerprint density at radius 1 is 1.00 bits per heavy atom. The average molecular weight is 419 g/mol. The SMILES string of the molecule is Cc1ccccc1CC(=O)OC(C)C(=O)Nc1ccc(S(=O)(=O)NC(C)C)cc1. The summed E-state index contributed by atoms with van der Waals surface area (Å²) in [5.41, 5.74) is 2.22. The zero-order chi connectivity index (χ0) is 21.6. The van der Waals surface area contributed by atoms with Crippen molar-refractivity contribution >= 4 is 27.6 Å². The summed E-state index contributed by atoms with van der Waals surface area (Å²) in [5.74, 6) is -0.998. The van der Waals surface area contributed by atoms with Crippen LogP contribution in [-0.2, 0) is 30.8 Å². The molecule has 0 heterocycles. The number of hydrogen-bond donors (Lipinski definition) is 2. The van der Waals surface area contributed by atoms with Gasteiger partial charge in [-0.2, -0.15) is 0 Å². The topological polar surface area (TPSA) is 102 Å². The van der Waals surface area contributed by atoms with Gasteiger partial charge in [-0.3, -0.25) is 9.59 Å². The minimum absolute atomic E-state index is 0.0830. The predicted octanol–water partition coefficient (Wildman–Crippen LogP) is 2.79. The molecule has 1 unspecified atom stereocenters. The van der Waals surface area contributed by atoms with Crippen LogP contribution in [0, 0.1) is 6.92 Å². The molecule has 0 spiro atoms. The molecular weight excluding hydrogens is 392 g/mol. The first kappa shape index (κ1) is 22.6. The zero-order valence-electron chi connectivity index (χ0n) is 16.9. The monoisotopic (exact) mass is 418 g/mol. The number of carbonyl (C=O) groups excluding carboxylic acids is 2. The van der Waals surface area contributed by atoms with Gasteiger partial charge in [0.15, 0.2) is 6.10 Å². The van der Waals surface area contributed by atoms with E-state index in [9.17, 15) is 18.0 Å². The van der Waals surface area contributed by atoms with E-state index in [0.717, 1.165) is 11.1 Å². The van der Waals surface area contributed by atoms with E-state index in [1.807, 2.05) is 31.2 Å². The molecule has 0 saturated carbocycles. The molecule has 2 rings (SSSR count). The van der Waals surface area contributed by atoms with Crippen molar-refractivity contribution < 1.29 is 22.7 Å². The first-order chi connectivity index (χ1) is 13.6. The molecule has 0 bridgehead atoms. The Hall–Kier alpha value is -2.71. The van der Waals surface area contributed by atoms with Gasteiger partial charge in [0.25, 0.3) is 5.91 Å². The Kier molecular flexibility index (Phi) is 7.53. The molecule has 8 heteroatoms. The number of sulfonamides is 1. The van der Waals surface area contributed by atoms with E-state index in [2.05, 4.69) is 10.0 Å². The molecule has 0 radical (unpaired) electrons. The molecule has 0 aliphatic rings. The number of benzene rings is 2. The largest absolute Gasteiger partial charge is 0.452 e. The first-order valence-corrected chi connectivity index (χ1v) is 10.7. The van der Waals surface area contributed by atoms with Crippen LogP contribution < -0.4 is 10.0 Å². The predicted molar refractivity (Wildman–Crippen MR) is 111 cm³/mol. The van der Waals surface area contributed by atoms with Crippen molar-refractivity contribution in [3.63, 3.8) is 0 Å². The van der Waals surface area contributed by atoms with E-state index in [4.69, 9.17) is 4.74 Å². The van der Waals surface area contributed by atoms with E-state index < -0.39 is 28.0 Å². The van der Waals surface area contributed by atoms with Gasteiger partial charge in [0.2, 0.25) is 10.0 Å². The highest BCUT2D eigenvalue weighted by atomic mass is 32.2. The third-order valence-electron chi connectivity index (χ3n) is 4.10. The van der Waals surface area contributed by atoms with Crippen LogP contribution in [0.2, 0.25) is 0 Å². The molecule has 0 aliphatic carbocycles. The lowest BCUT2D eigenvalue weighted by atomic mass is 10.1. The second-order valence-electron chi connectivity index (χ2n) is 7.02. The molecule has 2 aromatic rings. The smallest absolute Gasteiger partial charge is 0.311 e. The number of aryl methyl sites for hydroxylation is 1. The van der Waals surface area contributed by atoms with Crippen molar-refractivity contribution in [2.45, 2.75) is 51.2 Å². The van der Waals surface area contributed by atoms with E-state index in [-0.39, 0.29) is 17.4 Å². The number of hydrogen-bond acceptors (Lipinski definition) is 5. The van der Waals surface area contributed by atoms with E-state index >= 15 is 0 Å². The second kappa shape index (κ2) is 9.67. The number of nitrogens with one attached hydrogen (secondary N) is 2. The lowest BCUT2D eigenvalue weighted by molar-refractivity contribution is -0.152. The summed E-state index contributed by atoms with van der Waals surface area (Å²) in [4.78, 5) is 24.5. The number of anilines is 1. The average Bonchev–Trinajstić information content (AvgIpc) is 2.63. The molecule has 0 aromatic heterocycles. The van der Waals surface area contributed by atoms with Gasteiger partial charge in [-0.1, -0.05) is 24.3 Å². The van der Waals surface area contributed by atoms with Gasteiger partial charge in [-0.05, 0) is 63.1 Å². The van der Waals surface area contributed by atoms with Crippen LogP contribution in [0.4, 0.5) is 5.69 Å². The van der Waals surface area contributed by atoms with Crippen LogP contribution in [0.15, 0.2) is 53.4 Å². The van der Waals surface area contributed by atoms with Gasteiger partial charge in [-0.15, -0.1) is 0 Å². The van der Waals surface area contributed by atoms with Crippen molar-refractivity contribution in [3.8, 4) is 0 Å². The molecule has 2 N–H and O–H groups in total. The Bertz CT molecular complexity index is 969. The van der Waals surface area contributed by atoms with Crippen LogP contribution in [0.1, 0.15) is 31.9 Å². The zero-order valence-corrected chi connectivity index (χ0v) is 17.7. The minimum atomic E-state index is -3.60. The molecule has 1 amide bonds. The molecule has 156 valence electrons. The summed E-state index contributed by atoms with van der Waals surface area (Å²) >= 11 is 0. The molecule has 0 fully saturated rings. The van der Waals surface area contributed by atoms with Gasteiger partial charge in [0.05, 0.1) is 11.3 Å². The summed E-state index contributed by atoms with van der Waals surface area (Å²) < 4.78 is 31.9. The fourth-order valence-corrected chi connectivity index (χ4v) is 3.85. The number of esters is 1. The lowest BCUT2D eigenvalue weighted by Gasteiger charge is -2.14. The first-order valence-electron chi connectivity index (χ1n) is 9.25. The van der Waals surface area contributed by atoms with Crippen molar-refractivity contribution in [1.29, 1.82) is 0 Å². The second-order valence-corrected chi connectivity index (χ2v) is 8.74. The molecule has 0 saturated heterocycles. The van der Waals surface area contributed by atoms with Gasteiger partial charge in [0, 0.05) is 11.7 Å². The molecule has 29 heavy (non-hydrogen) atoms. The fraction of sp³-hybridized carbons (Fsp3) is 0.333. The standard InChI is InChI=1S/C21H26N2O5S/c1-14(2)23-29(26,27)19-11-9-18(10-12-19)22-21(25)16(4)28-20(24)13-17-8-6-5-7-15(17)3/h5-12,14,16,23H,13H2,1-4H3,(H,22,25). The summed E-state index contributed by atoms with van der Waals surface area (Å²) in [5, 5.41) is 2.61. The van der Waals surface area contributed by atoms with Gasteiger partial charge >= 0.3 is 5.97 Å². The quantitative estimate of drug-likeness (QED) is 0.642. The number of carbonyl (C=O) groups is 2. The van der Waals surface area contributed by atoms with Crippen LogP contribution in [0.25, 0.3) is 0 Å². The van der Waals surface area contributed by atoms with Crippen molar-refractivity contribution in [2.24, 2.45) is 0 Å². The maximum atomic E-state index is 12.3. The number of ether oxygens (including phenoxy) is 1. The Balaban J connectivity index is 1.94. The van der Waals surface area contributed by atoms with Gasteiger partial charge in [0.1, 0.15) is 0 Å². The Morgan fingerprint density at radius 2 is 1.62 bits per heavy atom. The Labute approximate surface area is 171 Å². The molecule has 7 nitrogen and oxygen atoms in total. The van der Waals surface area contributed by atoms with Crippen LogP contribution in [0.3, 0.4) is 0 Å². The van der Waals surface area contributed by atoms with Crippen molar-refractivity contribution in [3.05, 3.63) is 59.7 Å². The lowest BCUT2D eigenvalue weighted by Crippen LogP contribution is -2.31. The summed E-state index contributed by atoms with van der Waals surface area (Å²) in [6.45, 7) is 6.84. The highest BCUT2D eigenvalue weighted by Crippen LogP contribution is 2.15. The maximum Gasteiger partial charge on any atom is 0.311 e. The molecule has 1 atom stereocenters. The van der Waals surface area contributed by atoms with Crippen molar-refractivity contribution in [1.82, 2.24) is 4.72 Å². The van der Waals surface area contributed by atoms with Gasteiger partial charge < -0.3 is 10.1 Å². The van der Waals surface area contributed by atoms with Gasteiger partial charge in [-0.25, -0.2) is 13.1 Å². The third kappa shape index (κ3) is 6.69. The molecule has 2 aromatic carbocycles. The highest BCUT2D eigenvalue weighted by Gasteiger charge is 2.19. The minimum Gasteiger partial charge on any atom is -0.452 e. The Morgan fingerprint density at radius 3 is 2.21 bits per heavy atom. The third-order valence-corrected chi connectivity index (χ3v) is 5.77. The van der Waals surface area contributed by atoms with Crippen LogP contribution in [0.5, 0.6) is 0 Å². The van der Waals surface area contributed by atoms with Crippen LogP contribution in [-0.4, -0.2) is 32.4 Å². The summed E-state index contributed by atoms with van der Waals surface area (Å²) in [6, 6.07) is 13.0. The summed E-state index contributed by atoms with van der Waals surface area (Å²) in [6.07, 6.45) is -0.905. The van der Waals surface area contributed by atoms with E-state index in [1.165, 1.54) is 31.2 Å². The fourth-order valence-electron chi connectivity index (χ4n) is 2.60. The molecular formula is C21H26N2O5S. The number of amides is 1. The molecule has 0 aliphatic heterocycles. The highest BCUT2D eigenvalue weighted by molar-refractivity contribution is 7.89. The van der Waals surface area contributed by atoms with E-state index in [1.54, 1.807) is 13.8 Å². The van der Waals surface area contributed by atoms with Crippen molar-refractivity contribution in [2.75, 3.05) is 5.32 Å². The van der Waals surface area contributed by atoms with E-state index in [0.29, 0.717) is 5.69 Å². The van der Waals surface area contributed by atoms with Crippen LogP contribution >= 0.6 is 0 Å². The summed E-state index contributed by atoms with van der Waals surface area (Å²) in [7, 11) is -3.60. The normalized spacial score (nSPS) is 12.4.